The Morgan fingerprint density at radius 3 is 0.889 bits per heavy atom. The summed E-state index contributed by atoms with van der Waals surface area (Å²) in [5.74, 6) is 1.70. The summed E-state index contributed by atoms with van der Waals surface area (Å²) in [6, 6.07) is 0. The first-order valence-electron chi connectivity index (χ1n) is 3.14. The lowest BCUT2D eigenvalue weighted by Gasteiger charge is -2.05. The molecule has 0 saturated carbocycles. The molecule has 0 atom stereocenters. The zero-order valence-electron chi connectivity index (χ0n) is 7.28. The van der Waals surface area contributed by atoms with Gasteiger partial charge in [0.1, 0.15) is 0 Å². The Balaban J connectivity index is -0.000000109. The molecule has 0 aliphatic heterocycles. The molecule has 0 bridgehead atoms. The van der Waals surface area contributed by atoms with Crippen LogP contribution in [0.2, 0.25) is 0 Å². The third kappa shape index (κ3) is 18.3. The molecule has 0 spiro atoms. The molecule has 0 unspecified atom stereocenters. The van der Waals surface area contributed by atoms with Gasteiger partial charge in [0.25, 0.3) is 0 Å². The van der Waals surface area contributed by atoms with Crippen molar-refractivity contribution < 1.29 is 0 Å². The molecule has 0 amide bonds. The SMILES string of the molecule is C=C.CC(C)C(C)C.N. The molecule has 0 aliphatic rings. The Hall–Kier alpha value is -0.300. The lowest BCUT2D eigenvalue weighted by molar-refractivity contribution is 0.457. The molecule has 1 heteroatoms. The normalized spacial score (nSPS) is 7.78. The van der Waals surface area contributed by atoms with E-state index in [2.05, 4.69) is 40.9 Å². The van der Waals surface area contributed by atoms with Crippen LogP contribution in [-0.4, -0.2) is 0 Å². The Morgan fingerprint density at radius 1 is 0.778 bits per heavy atom. The van der Waals surface area contributed by atoms with Crippen molar-refractivity contribution >= 4 is 0 Å². The van der Waals surface area contributed by atoms with Gasteiger partial charge in [-0.25, -0.2) is 0 Å². The summed E-state index contributed by atoms with van der Waals surface area (Å²) in [6.07, 6.45) is 0. The lowest BCUT2D eigenvalue weighted by atomic mass is 10.0. The second kappa shape index (κ2) is 10.6. The van der Waals surface area contributed by atoms with E-state index in [9.17, 15) is 0 Å². The minimum atomic E-state index is 0. The Labute approximate surface area is 59.7 Å². The van der Waals surface area contributed by atoms with Crippen molar-refractivity contribution in [2.75, 3.05) is 0 Å². The largest absolute Gasteiger partial charge is 0.344 e. The van der Waals surface area contributed by atoms with Crippen LogP contribution in [0.4, 0.5) is 0 Å². The van der Waals surface area contributed by atoms with Gasteiger partial charge < -0.3 is 6.15 Å². The highest BCUT2D eigenvalue weighted by Gasteiger charge is 1.95. The molecule has 0 aromatic carbocycles. The summed E-state index contributed by atoms with van der Waals surface area (Å²) in [5, 5.41) is 0. The number of rotatable bonds is 1. The van der Waals surface area contributed by atoms with Crippen LogP contribution in [0.25, 0.3) is 0 Å². The van der Waals surface area contributed by atoms with Crippen LogP contribution in [0.15, 0.2) is 13.2 Å². The van der Waals surface area contributed by atoms with Gasteiger partial charge in [0.05, 0.1) is 0 Å². The third-order valence-electron chi connectivity index (χ3n) is 1.33. The van der Waals surface area contributed by atoms with Gasteiger partial charge in [-0.05, 0) is 11.8 Å². The minimum Gasteiger partial charge on any atom is -0.344 e. The minimum absolute atomic E-state index is 0. The van der Waals surface area contributed by atoms with Crippen molar-refractivity contribution in [3.8, 4) is 0 Å². The van der Waals surface area contributed by atoms with E-state index < -0.39 is 0 Å². The summed E-state index contributed by atoms with van der Waals surface area (Å²) >= 11 is 0. The third-order valence-corrected chi connectivity index (χ3v) is 1.33. The van der Waals surface area contributed by atoms with E-state index in [0.29, 0.717) is 0 Å². The quantitative estimate of drug-likeness (QED) is 0.545. The lowest BCUT2D eigenvalue weighted by Crippen LogP contribution is -1.95. The van der Waals surface area contributed by atoms with Gasteiger partial charge in [0, 0.05) is 0 Å². The molecule has 0 heterocycles. The predicted molar refractivity (Wildman–Crippen MR) is 46.0 cm³/mol. The van der Waals surface area contributed by atoms with Gasteiger partial charge in [-0.2, -0.15) is 0 Å². The molecule has 9 heavy (non-hydrogen) atoms. The fourth-order valence-electron chi connectivity index (χ4n) is 0. The molecule has 3 N–H and O–H groups in total. The van der Waals surface area contributed by atoms with Gasteiger partial charge >= 0.3 is 0 Å². The summed E-state index contributed by atoms with van der Waals surface area (Å²) < 4.78 is 0. The predicted octanol–water partition coefficient (Wildman–Crippen LogP) is 3.26. The highest BCUT2D eigenvalue weighted by Crippen LogP contribution is 2.05. The molecule has 0 fully saturated rings. The van der Waals surface area contributed by atoms with Crippen molar-refractivity contribution in [3.05, 3.63) is 13.2 Å². The van der Waals surface area contributed by atoms with Crippen LogP contribution >= 0.6 is 0 Å². The first-order chi connectivity index (χ1) is 3.64. The standard InChI is InChI=1S/C6H14.C2H4.H3N/c1-5(2)6(3)4;1-2;/h5-6H,1-4H3;1-2H2;1H3. The average Bonchev–Trinajstić information content (AvgIpc) is 1.72. The molecular weight excluding hydrogens is 110 g/mol. The molecule has 0 aliphatic carbocycles. The van der Waals surface area contributed by atoms with Crippen LogP contribution in [0.1, 0.15) is 27.7 Å². The van der Waals surface area contributed by atoms with Crippen LogP contribution in [0, 0.1) is 11.8 Å². The summed E-state index contributed by atoms with van der Waals surface area (Å²) in [5.41, 5.74) is 0. The summed E-state index contributed by atoms with van der Waals surface area (Å²) in [6.45, 7) is 15.0. The summed E-state index contributed by atoms with van der Waals surface area (Å²) in [7, 11) is 0. The molecule has 0 saturated heterocycles. The van der Waals surface area contributed by atoms with Gasteiger partial charge in [-0.1, -0.05) is 27.7 Å². The van der Waals surface area contributed by atoms with Gasteiger partial charge in [0.2, 0.25) is 0 Å². The van der Waals surface area contributed by atoms with E-state index in [-0.39, 0.29) is 6.15 Å². The molecule has 0 aromatic rings. The van der Waals surface area contributed by atoms with E-state index in [1.807, 2.05) is 0 Å². The Bertz CT molecular complexity index is 33.8. The molecule has 0 aromatic heterocycles. The molecule has 58 valence electrons. The van der Waals surface area contributed by atoms with Crippen molar-refractivity contribution in [2.45, 2.75) is 27.7 Å². The fraction of sp³-hybridized carbons (Fsp3) is 0.750. The second-order valence-electron chi connectivity index (χ2n) is 2.49. The van der Waals surface area contributed by atoms with E-state index in [4.69, 9.17) is 0 Å². The average molecular weight is 131 g/mol. The van der Waals surface area contributed by atoms with Crippen molar-refractivity contribution in [1.29, 1.82) is 0 Å². The van der Waals surface area contributed by atoms with E-state index in [1.165, 1.54) is 0 Å². The van der Waals surface area contributed by atoms with Crippen LogP contribution < -0.4 is 6.15 Å². The van der Waals surface area contributed by atoms with Crippen LogP contribution in [-0.2, 0) is 0 Å². The highest BCUT2D eigenvalue weighted by molar-refractivity contribution is 4.46. The highest BCUT2D eigenvalue weighted by atomic mass is 14.0. The maximum absolute atomic E-state index is 3.00. The Morgan fingerprint density at radius 2 is 0.889 bits per heavy atom. The first kappa shape index (κ1) is 15.9. The van der Waals surface area contributed by atoms with Crippen molar-refractivity contribution in [1.82, 2.24) is 6.15 Å². The van der Waals surface area contributed by atoms with Crippen molar-refractivity contribution in [3.63, 3.8) is 0 Å². The second-order valence-corrected chi connectivity index (χ2v) is 2.49. The zero-order chi connectivity index (χ0) is 7.15. The van der Waals surface area contributed by atoms with Gasteiger partial charge in [-0.15, -0.1) is 13.2 Å². The van der Waals surface area contributed by atoms with Crippen molar-refractivity contribution in [2.24, 2.45) is 11.8 Å². The maximum Gasteiger partial charge on any atom is -0.0448 e. The fourth-order valence-corrected chi connectivity index (χ4v) is 0. The van der Waals surface area contributed by atoms with Gasteiger partial charge in [-0.3, -0.25) is 0 Å². The van der Waals surface area contributed by atoms with E-state index in [0.717, 1.165) is 11.8 Å². The molecular formula is C8H21N. The molecule has 0 rings (SSSR count). The molecule has 0 radical (unpaired) electrons. The molecule has 1 nitrogen and oxygen atoms in total. The van der Waals surface area contributed by atoms with Gasteiger partial charge in [0.15, 0.2) is 0 Å². The van der Waals surface area contributed by atoms with E-state index >= 15 is 0 Å². The smallest absolute Gasteiger partial charge is 0.0448 e. The maximum atomic E-state index is 3.00. The zero-order valence-corrected chi connectivity index (χ0v) is 7.28. The first-order valence-corrected chi connectivity index (χ1v) is 3.14. The monoisotopic (exact) mass is 131 g/mol. The topological polar surface area (TPSA) is 35.0 Å². The summed E-state index contributed by atoms with van der Waals surface area (Å²) in [4.78, 5) is 0. The Kier molecular flexibility index (Phi) is 18.8. The van der Waals surface area contributed by atoms with Crippen LogP contribution in [0.5, 0.6) is 0 Å². The number of hydrogen-bond donors (Lipinski definition) is 1. The van der Waals surface area contributed by atoms with Crippen LogP contribution in [0.3, 0.4) is 0 Å². The van der Waals surface area contributed by atoms with E-state index in [1.54, 1.807) is 0 Å². The number of hydrogen-bond acceptors (Lipinski definition) is 1.